The third kappa shape index (κ3) is 2.67. The average molecular weight is 233 g/mol. The maximum Gasteiger partial charge on any atom is 0.0502 e. The van der Waals surface area contributed by atoms with E-state index < -0.39 is 0 Å². The molecule has 0 aliphatic carbocycles. The van der Waals surface area contributed by atoms with E-state index in [4.69, 9.17) is 5.73 Å². The molecule has 2 rings (SSSR count). The molecule has 1 saturated heterocycles. The van der Waals surface area contributed by atoms with Gasteiger partial charge in [0.05, 0.1) is 6.04 Å². The first-order valence-corrected chi connectivity index (χ1v) is 6.65. The van der Waals surface area contributed by atoms with Crippen LogP contribution in [0.3, 0.4) is 0 Å². The fraction of sp³-hybridized carbons (Fsp3) is 0.643. The van der Waals surface area contributed by atoms with Crippen molar-refractivity contribution in [2.24, 2.45) is 5.73 Å². The molecule has 0 radical (unpaired) electrons. The van der Waals surface area contributed by atoms with Gasteiger partial charge in [0.15, 0.2) is 0 Å². The number of pyridine rings is 1. The minimum Gasteiger partial charge on any atom is -0.326 e. The van der Waals surface area contributed by atoms with Gasteiger partial charge in [-0.2, -0.15) is 0 Å². The van der Waals surface area contributed by atoms with E-state index in [1.54, 1.807) is 0 Å². The van der Waals surface area contributed by atoms with Gasteiger partial charge in [-0.3, -0.25) is 9.88 Å². The molecule has 0 saturated carbocycles. The van der Waals surface area contributed by atoms with Crippen LogP contribution in [-0.2, 0) is 0 Å². The highest BCUT2D eigenvalue weighted by Crippen LogP contribution is 2.31. The molecule has 3 heteroatoms. The standard InChI is InChI=1S/C14H23N3/c1-3-13(15)14(12-6-8-16-9-7-12)17-10-4-5-11(17)2/h6-9,11,13-14H,3-5,10,15H2,1-2H3. The SMILES string of the molecule is CCC(N)C(c1ccncc1)N1CCCC1C. The number of hydrogen-bond donors (Lipinski definition) is 1. The van der Waals surface area contributed by atoms with Crippen molar-refractivity contribution in [2.75, 3.05) is 6.54 Å². The van der Waals surface area contributed by atoms with Crippen molar-refractivity contribution in [3.63, 3.8) is 0 Å². The summed E-state index contributed by atoms with van der Waals surface area (Å²) in [5.41, 5.74) is 7.64. The summed E-state index contributed by atoms with van der Waals surface area (Å²) in [6.45, 7) is 5.64. The third-order valence-electron chi connectivity index (χ3n) is 3.89. The Labute approximate surface area is 104 Å². The molecular formula is C14H23N3. The summed E-state index contributed by atoms with van der Waals surface area (Å²) in [5, 5.41) is 0. The predicted octanol–water partition coefficient (Wildman–Crippen LogP) is 2.34. The highest BCUT2D eigenvalue weighted by atomic mass is 15.2. The van der Waals surface area contributed by atoms with E-state index in [0.29, 0.717) is 12.1 Å². The summed E-state index contributed by atoms with van der Waals surface area (Å²) in [4.78, 5) is 6.66. The number of nitrogens with two attached hydrogens (primary N) is 1. The van der Waals surface area contributed by atoms with E-state index in [0.717, 1.165) is 6.42 Å². The van der Waals surface area contributed by atoms with E-state index in [1.165, 1.54) is 24.9 Å². The number of rotatable bonds is 4. The number of nitrogens with zero attached hydrogens (tertiary/aromatic N) is 2. The molecule has 17 heavy (non-hydrogen) atoms. The van der Waals surface area contributed by atoms with Gasteiger partial charge in [-0.1, -0.05) is 6.92 Å². The van der Waals surface area contributed by atoms with Crippen LogP contribution in [0.5, 0.6) is 0 Å². The van der Waals surface area contributed by atoms with Gasteiger partial charge >= 0.3 is 0 Å². The molecule has 1 aliphatic rings. The van der Waals surface area contributed by atoms with Crippen LogP contribution in [0.25, 0.3) is 0 Å². The highest BCUT2D eigenvalue weighted by Gasteiger charge is 2.31. The van der Waals surface area contributed by atoms with Crippen LogP contribution in [0, 0.1) is 0 Å². The number of likely N-dealkylation sites (tertiary alicyclic amines) is 1. The zero-order chi connectivity index (χ0) is 12.3. The second kappa shape index (κ2) is 5.61. The van der Waals surface area contributed by atoms with Crippen molar-refractivity contribution in [1.29, 1.82) is 0 Å². The molecule has 0 amide bonds. The van der Waals surface area contributed by atoms with Crippen molar-refractivity contribution in [3.05, 3.63) is 30.1 Å². The van der Waals surface area contributed by atoms with Gasteiger partial charge in [0.1, 0.15) is 0 Å². The van der Waals surface area contributed by atoms with Crippen molar-refractivity contribution < 1.29 is 0 Å². The first-order valence-electron chi connectivity index (χ1n) is 6.65. The average Bonchev–Trinajstić information content (AvgIpc) is 2.77. The smallest absolute Gasteiger partial charge is 0.0502 e. The van der Waals surface area contributed by atoms with Crippen LogP contribution in [-0.4, -0.2) is 28.5 Å². The molecule has 0 spiro atoms. The molecule has 2 N–H and O–H groups in total. The van der Waals surface area contributed by atoms with Gasteiger partial charge in [0.2, 0.25) is 0 Å². The second-order valence-electron chi connectivity index (χ2n) is 5.03. The lowest BCUT2D eigenvalue weighted by molar-refractivity contribution is 0.163. The van der Waals surface area contributed by atoms with Gasteiger partial charge in [-0.15, -0.1) is 0 Å². The molecule has 0 aromatic carbocycles. The lowest BCUT2D eigenvalue weighted by Crippen LogP contribution is -2.42. The van der Waals surface area contributed by atoms with E-state index in [-0.39, 0.29) is 6.04 Å². The molecule has 94 valence electrons. The fourth-order valence-corrected chi connectivity index (χ4v) is 2.84. The molecule has 1 aliphatic heterocycles. The van der Waals surface area contributed by atoms with Gasteiger partial charge < -0.3 is 5.73 Å². The molecule has 1 fully saturated rings. The van der Waals surface area contributed by atoms with Crippen LogP contribution < -0.4 is 5.73 Å². The van der Waals surface area contributed by atoms with Crippen LogP contribution in [0.2, 0.25) is 0 Å². The van der Waals surface area contributed by atoms with Crippen LogP contribution >= 0.6 is 0 Å². The molecule has 0 bridgehead atoms. The third-order valence-corrected chi connectivity index (χ3v) is 3.89. The summed E-state index contributed by atoms with van der Waals surface area (Å²) in [5.74, 6) is 0. The maximum atomic E-state index is 6.33. The zero-order valence-corrected chi connectivity index (χ0v) is 10.8. The Morgan fingerprint density at radius 3 is 2.71 bits per heavy atom. The molecule has 1 aromatic heterocycles. The fourth-order valence-electron chi connectivity index (χ4n) is 2.84. The Kier molecular flexibility index (Phi) is 4.13. The molecule has 3 atom stereocenters. The van der Waals surface area contributed by atoms with Gasteiger partial charge in [-0.25, -0.2) is 0 Å². The topological polar surface area (TPSA) is 42.1 Å². The largest absolute Gasteiger partial charge is 0.326 e. The van der Waals surface area contributed by atoms with Gasteiger partial charge in [0, 0.05) is 24.5 Å². The van der Waals surface area contributed by atoms with Crippen molar-refractivity contribution in [2.45, 2.75) is 51.2 Å². The summed E-state index contributed by atoms with van der Waals surface area (Å²) < 4.78 is 0. The zero-order valence-electron chi connectivity index (χ0n) is 10.8. The summed E-state index contributed by atoms with van der Waals surface area (Å²) in [6, 6.07) is 5.40. The monoisotopic (exact) mass is 233 g/mol. The van der Waals surface area contributed by atoms with Crippen LogP contribution in [0.4, 0.5) is 0 Å². The number of hydrogen-bond acceptors (Lipinski definition) is 3. The second-order valence-corrected chi connectivity index (χ2v) is 5.03. The minimum atomic E-state index is 0.206. The normalized spacial score (nSPS) is 24.8. The Morgan fingerprint density at radius 2 is 2.18 bits per heavy atom. The van der Waals surface area contributed by atoms with Crippen LogP contribution in [0.15, 0.2) is 24.5 Å². The van der Waals surface area contributed by atoms with E-state index in [9.17, 15) is 0 Å². The quantitative estimate of drug-likeness (QED) is 0.868. The van der Waals surface area contributed by atoms with Gasteiger partial charge in [0.25, 0.3) is 0 Å². The van der Waals surface area contributed by atoms with Gasteiger partial charge in [-0.05, 0) is 50.4 Å². The Bertz CT molecular complexity index is 339. The Balaban J connectivity index is 2.25. The highest BCUT2D eigenvalue weighted by molar-refractivity contribution is 5.18. The van der Waals surface area contributed by atoms with Crippen molar-refractivity contribution in [3.8, 4) is 0 Å². The Morgan fingerprint density at radius 1 is 1.47 bits per heavy atom. The first-order chi connectivity index (χ1) is 8.24. The first kappa shape index (κ1) is 12.5. The van der Waals surface area contributed by atoms with E-state index in [2.05, 4.69) is 35.9 Å². The lowest BCUT2D eigenvalue weighted by atomic mass is 9.96. The minimum absolute atomic E-state index is 0.206. The Hall–Kier alpha value is -0.930. The summed E-state index contributed by atoms with van der Waals surface area (Å²) in [7, 11) is 0. The molecule has 3 unspecified atom stereocenters. The summed E-state index contributed by atoms with van der Waals surface area (Å²) in [6.07, 6.45) is 7.32. The van der Waals surface area contributed by atoms with Crippen molar-refractivity contribution in [1.82, 2.24) is 9.88 Å². The predicted molar refractivity (Wildman–Crippen MR) is 70.6 cm³/mol. The summed E-state index contributed by atoms with van der Waals surface area (Å²) >= 11 is 0. The molecule has 3 nitrogen and oxygen atoms in total. The van der Waals surface area contributed by atoms with E-state index in [1.807, 2.05) is 12.4 Å². The number of aromatic nitrogens is 1. The van der Waals surface area contributed by atoms with E-state index >= 15 is 0 Å². The maximum absolute atomic E-state index is 6.33. The molecule has 2 heterocycles. The molecule has 1 aromatic rings. The lowest BCUT2D eigenvalue weighted by Gasteiger charge is -2.35. The van der Waals surface area contributed by atoms with Crippen molar-refractivity contribution >= 4 is 0 Å². The molecular weight excluding hydrogens is 210 g/mol. The van der Waals surface area contributed by atoms with Crippen LogP contribution in [0.1, 0.15) is 44.7 Å².